The van der Waals surface area contributed by atoms with Gasteiger partial charge in [0.15, 0.2) is 0 Å². The lowest BCUT2D eigenvalue weighted by molar-refractivity contribution is -0.124. The van der Waals surface area contributed by atoms with Gasteiger partial charge >= 0.3 is 0 Å². The van der Waals surface area contributed by atoms with E-state index in [1.807, 2.05) is 45.0 Å². The quantitative estimate of drug-likeness (QED) is 0.704. The molecule has 0 radical (unpaired) electrons. The minimum atomic E-state index is -0.487. The molecule has 2 rings (SSSR count). The molecule has 0 bridgehead atoms. The molecule has 0 aromatic heterocycles. The number of carbonyl (C=O) groups excluding carboxylic acids is 2. The molecular formula is C18H28ClN3O2. The molecule has 4 N–H and O–H groups in total. The first-order valence-electron chi connectivity index (χ1n) is 8.39. The van der Waals surface area contributed by atoms with Crippen molar-refractivity contribution >= 4 is 29.9 Å². The monoisotopic (exact) mass is 353 g/mol. The molecule has 134 valence electrons. The van der Waals surface area contributed by atoms with E-state index in [-0.39, 0.29) is 42.1 Å². The Bertz CT molecular complexity index is 558. The van der Waals surface area contributed by atoms with Gasteiger partial charge in [-0.25, -0.2) is 0 Å². The molecule has 3 atom stereocenters. The van der Waals surface area contributed by atoms with Gasteiger partial charge in [-0.2, -0.15) is 0 Å². The average molecular weight is 354 g/mol. The third-order valence-electron chi connectivity index (χ3n) is 4.54. The highest BCUT2D eigenvalue weighted by atomic mass is 35.5. The predicted octanol–water partition coefficient (Wildman–Crippen LogP) is 3.01. The number of nitrogens with two attached hydrogens (primary N) is 1. The second-order valence-corrected chi connectivity index (χ2v) is 6.53. The molecule has 0 saturated heterocycles. The highest BCUT2D eigenvalue weighted by Gasteiger charge is 2.29. The summed E-state index contributed by atoms with van der Waals surface area (Å²) in [5.74, 6) is 0.314. The van der Waals surface area contributed by atoms with E-state index in [1.54, 1.807) is 0 Å². The van der Waals surface area contributed by atoms with Gasteiger partial charge in [-0.05, 0) is 43.4 Å². The lowest BCUT2D eigenvalue weighted by Gasteiger charge is -2.21. The van der Waals surface area contributed by atoms with Gasteiger partial charge in [0.05, 0.1) is 12.1 Å². The summed E-state index contributed by atoms with van der Waals surface area (Å²) >= 11 is 0. The normalized spacial score (nSPS) is 17.2. The SMILES string of the molecule is CCC(C)C(N)C(=O)NC(C)c1ccc(NC(=O)C2CC2)cc1.Cl. The molecule has 0 spiro atoms. The minimum Gasteiger partial charge on any atom is -0.348 e. The number of amides is 2. The highest BCUT2D eigenvalue weighted by Crippen LogP contribution is 2.30. The topological polar surface area (TPSA) is 84.2 Å². The van der Waals surface area contributed by atoms with Gasteiger partial charge in [0.2, 0.25) is 11.8 Å². The van der Waals surface area contributed by atoms with Crippen molar-refractivity contribution in [1.82, 2.24) is 5.32 Å². The lowest BCUT2D eigenvalue weighted by atomic mass is 9.98. The molecule has 5 nitrogen and oxygen atoms in total. The summed E-state index contributed by atoms with van der Waals surface area (Å²) in [6, 6.07) is 6.97. The van der Waals surface area contributed by atoms with Crippen molar-refractivity contribution in [2.24, 2.45) is 17.6 Å². The van der Waals surface area contributed by atoms with E-state index in [0.29, 0.717) is 0 Å². The highest BCUT2D eigenvalue weighted by molar-refractivity contribution is 5.94. The number of rotatable bonds is 7. The molecule has 1 aliphatic carbocycles. The summed E-state index contributed by atoms with van der Waals surface area (Å²) in [5, 5.41) is 5.85. The number of hydrogen-bond acceptors (Lipinski definition) is 3. The van der Waals surface area contributed by atoms with Gasteiger partial charge in [0, 0.05) is 11.6 Å². The average Bonchev–Trinajstić information content (AvgIpc) is 3.38. The first-order chi connectivity index (χ1) is 10.9. The van der Waals surface area contributed by atoms with E-state index in [9.17, 15) is 9.59 Å². The summed E-state index contributed by atoms with van der Waals surface area (Å²) in [6.45, 7) is 5.93. The Morgan fingerprint density at radius 1 is 1.21 bits per heavy atom. The van der Waals surface area contributed by atoms with Gasteiger partial charge in [-0.3, -0.25) is 9.59 Å². The van der Waals surface area contributed by atoms with E-state index >= 15 is 0 Å². The molecule has 1 fully saturated rings. The van der Waals surface area contributed by atoms with E-state index in [4.69, 9.17) is 5.73 Å². The standard InChI is InChI=1S/C18H27N3O2.ClH/c1-4-11(2)16(19)18(23)20-12(3)13-7-9-15(10-8-13)21-17(22)14-5-6-14;/h7-12,14,16H,4-6,19H2,1-3H3,(H,20,23)(H,21,22);1H. The Hall–Kier alpha value is -1.59. The van der Waals surface area contributed by atoms with Crippen molar-refractivity contribution in [3.05, 3.63) is 29.8 Å². The molecule has 1 aromatic rings. The minimum absolute atomic E-state index is 0. The molecule has 24 heavy (non-hydrogen) atoms. The molecule has 3 unspecified atom stereocenters. The summed E-state index contributed by atoms with van der Waals surface area (Å²) < 4.78 is 0. The van der Waals surface area contributed by atoms with E-state index in [0.717, 1.165) is 30.5 Å². The molecule has 1 aromatic carbocycles. The molecule has 1 aliphatic rings. The molecular weight excluding hydrogens is 326 g/mol. The first-order valence-corrected chi connectivity index (χ1v) is 8.39. The number of carbonyl (C=O) groups is 2. The second-order valence-electron chi connectivity index (χ2n) is 6.53. The van der Waals surface area contributed by atoms with Crippen LogP contribution in [0.2, 0.25) is 0 Å². The zero-order valence-electron chi connectivity index (χ0n) is 14.5. The predicted molar refractivity (Wildman–Crippen MR) is 99.0 cm³/mol. The number of hydrogen-bond donors (Lipinski definition) is 3. The Morgan fingerprint density at radius 2 is 1.79 bits per heavy atom. The number of anilines is 1. The number of benzene rings is 1. The van der Waals surface area contributed by atoms with Crippen molar-refractivity contribution in [1.29, 1.82) is 0 Å². The van der Waals surface area contributed by atoms with Crippen molar-refractivity contribution in [2.45, 2.75) is 52.1 Å². The van der Waals surface area contributed by atoms with Crippen molar-refractivity contribution in [3.63, 3.8) is 0 Å². The van der Waals surface area contributed by atoms with Crippen LogP contribution in [0.5, 0.6) is 0 Å². The van der Waals surface area contributed by atoms with Crippen molar-refractivity contribution in [2.75, 3.05) is 5.32 Å². The third kappa shape index (κ3) is 5.49. The maximum atomic E-state index is 12.1. The van der Waals surface area contributed by atoms with Crippen LogP contribution in [0.15, 0.2) is 24.3 Å². The lowest BCUT2D eigenvalue weighted by Crippen LogP contribution is -2.45. The van der Waals surface area contributed by atoms with E-state index in [2.05, 4.69) is 10.6 Å². The van der Waals surface area contributed by atoms with Crippen LogP contribution in [0.4, 0.5) is 5.69 Å². The Balaban J connectivity index is 0.00000288. The summed E-state index contributed by atoms with van der Waals surface area (Å²) in [7, 11) is 0. The maximum absolute atomic E-state index is 12.1. The van der Waals surface area contributed by atoms with Crippen molar-refractivity contribution in [3.8, 4) is 0 Å². The fraction of sp³-hybridized carbons (Fsp3) is 0.556. The number of nitrogens with one attached hydrogen (secondary N) is 2. The van der Waals surface area contributed by atoms with E-state index in [1.165, 1.54) is 0 Å². The smallest absolute Gasteiger partial charge is 0.237 e. The van der Waals surface area contributed by atoms with E-state index < -0.39 is 6.04 Å². The largest absolute Gasteiger partial charge is 0.348 e. The number of halogens is 1. The van der Waals surface area contributed by atoms with Crippen LogP contribution in [0.25, 0.3) is 0 Å². The molecule has 0 heterocycles. The summed E-state index contributed by atoms with van der Waals surface area (Å²) in [5.41, 5.74) is 7.73. The fourth-order valence-electron chi connectivity index (χ4n) is 2.35. The van der Waals surface area contributed by atoms with Gasteiger partial charge in [0.25, 0.3) is 0 Å². The van der Waals surface area contributed by atoms with Crippen LogP contribution < -0.4 is 16.4 Å². The van der Waals surface area contributed by atoms with Gasteiger partial charge < -0.3 is 16.4 Å². The Morgan fingerprint density at radius 3 is 2.29 bits per heavy atom. The Kier molecular flexibility index (Phi) is 7.70. The molecule has 6 heteroatoms. The Labute approximate surface area is 150 Å². The zero-order chi connectivity index (χ0) is 17.0. The maximum Gasteiger partial charge on any atom is 0.237 e. The first kappa shape index (κ1) is 20.5. The second kappa shape index (κ2) is 9.04. The summed E-state index contributed by atoms with van der Waals surface area (Å²) in [4.78, 5) is 23.9. The van der Waals surface area contributed by atoms with Crippen LogP contribution in [0.3, 0.4) is 0 Å². The van der Waals surface area contributed by atoms with Crippen LogP contribution in [0, 0.1) is 11.8 Å². The fourth-order valence-corrected chi connectivity index (χ4v) is 2.35. The third-order valence-corrected chi connectivity index (χ3v) is 4.54. The zero-order valence-corrected chi connectivity index (χ0v) is 15.4. The molecule has 0 aliphatic heterocycles. The van der Waals surface area contributed by atoms with Crippen LogP contribution in [-0.2, 0) is 9.59 Å². The molecule has 2 amide bonds. The van der Waals surface area contributed by atoms with Gasteiger partial charge in [-0.15, -0.1) is 12.4 Å². The molecule has 1 saturated carbocycles. The van der Waals surface area contributed by atoms with Gasteiger partial charge in [0.1, 0.15) is 0 Å². The van der Waals surface area contributed by atoms with Crippen LogP contribution in [-0.4, -0.2) is 17.9 Å². The van der Waals surface area contributed by atoms with Crippen molar-refractivity contribution < 1.29 is 9.59 Å². The summed E-state index contributed by atoms with van der Waals surface area (Å²) in [6.07, 6.45) is 2.85. The van der Waals surface area contributed by atoms with Crippen LogP contribution in [0.1, 0.15) is 51.6 Å². The van der Waals surface area contributed by atoms with Crippen LogP contribution >= 0.6 is 12.4 Å². The van der Waals surface area contributed by atoms with Gasteiger partial charge in [-0.1, -0.05) is 32.4 Å².